The molecule has 4 rings (SSSR count). The Balaban J connectivity index is 1.57. The lowest BCUT2D eigenvalue weighted by atomic mass is 10.1. The fraction of sp³-hybridized carbons (Fsp3) is 0.148. The van der Waals surface area contributed by atoms with Crippen molar-refractivity contribution in [1.29, 1.82) is 0 Å². The first-order chi connectivity index (χ1) is 17.0. The predicted molar refractivity (Wildman–Crippen MR) is 137 cm³/mol. The van der Waals surface area contributed by atoms with E-state index in [1.165, 1.54) is 0 Å². The second-order valence-corrected chi connectivity index (χ2v) is 8.67. The monoisotopic (exact) mass is 487 g/mol. The van der Waals surface area contributed by atoms with Gasteiger partial charge in [-0.05, 0) is 35.4 Å². The number of methoxy groups -OCH3 is 1. The highest BCUT2D eigenvalue weighted by Gasteiger charge is 2.16. The molecule has 4 aromatic rings. The van der Waals surface area contributed by atoms with Crippen molar-refractivity contribution in [2.45, 2.75) is 13.1 Å². The number of carbonyl (C=O) groups is 2. The van der Waals surface area contributed by atoms with E-state index in [4.69, 9.17) is 14.8 Å². The molecule has 35 heavy (non-hydrogen) atoms. The molecule has 0 atom stereocenters. The van der Waals surface area contributed by atoms with Crippen molar-refractivity contribution in [2.24, 2.45) is 0 Å². The van der Waals surface area contributed by atoms with Crippen LogP contribution in [0.15, 0.2) is 84.2 Å². The van der Waals surface area contributed by atoms with Gasteiger partial charge in [0.05, 0.1) is 12.8 Å². The van der Waals surface area contributed by atoms with E-state index in [-0.39, 0.29) is 0 Å². The van der Waals surface area contributed by atoms with E-state index in [1.807, 2.05) is 60.0 Å². The Labute approximate surface area is 207 Å². The summed E-state index contributed by atoms with van der Waals surface area (Å²) in [5, 5.41) is 14.0. The summed E-state index contributed by atoms with van der Waals surface area (Å²) in [5.74, 6) is -0.723. The van der Waals surface area contributed by atoms with Gasteiger partial charge >= 0.3 is 5.97 Å². The van der Waals surface area contributed by atoms with E-state index in [9.17, 15) is 9.59 Å². The van der Waals surface area contributed by atoms with Crippen molar-refractivity contribution in [2.75, 3.05) is 18.6 Å². The summed E-state index contributed by atoms with van der Waals surface area (Å²) < 4.78 is 5.51. The molecule has 8 heteroatoms. The highest BCUT2D eigenvalue weighted by atomic mass is 32.1. The SMILES string of the molecule is COc1ccccc1-c1csc(N(Cc2ccccc2)Cc2ccc(C(=O)NCC(=O)O)cc2)n1. The fourth-order valence-electron chi connectivity index (χ4n) is 3.62. The number of nitrogens with one attached hydrogen (secondary N) is 1. The van der Waals surface area contributed by atoms with E-state index < -0.39 is 18.4 Å². The van der Waals surface area contributed by atoms with E-state index in [0.29, 0.717) is 18.7 Å². The number of carbonyl (C=O) groups excluding carboxylic acids is 1. The van der Waals surface area contributed by atoms with Crippen LogP contribution in [0.4, 0.5) is 5.13 Å². The quantitative estimate of drug-likeness (QED) is 0.333. The van der Waals surface area contributed by atoms with Crippen LogP contribution < -0.4 is 15.0 Å². The van der Waals surface area contributed by atoms with E-state index in [2.05, 4.69) is 22.3 Å². The van der Waals surface area contributed by atoms with Crippen molar-refractivity contribution < 1.29 is 19.4 Å². The lowest BCUT2D eigenvalue weighted by Crippen LogP contribution is -2.29. The molecule has 0 fully saturated rings. The smallest absolute Gasteiger partial charge is 0.322 e. The van der Waals surface area contributed by atoms with Crippen LogP contribution in [0.5, 0.6) is 5.75 Å². The molecule has 0 spiro atoms. The second kappa shape index (κ2) is 11.3. The van der Waals surface area contributed by atoms with Crippen molar-refractivity contribution in [3.63, 3.8) is 0 Å². The molecule has 0 saturated heterocycles. The minimum Gasteiger partial charge on any atom is -0.496 e. The fourth-order valence-corrected chi connectivity index (χ4v) is 4.45. The standard InChI is InChI=1S/C27H25N3O4S/c1-34-24-10-6-5-9-22(24)23-18-35-27(29-23)30(16-19-7-3-2-4-8-19)17-20-11-13-21(14-12-20)26(33)28-15-25(31)32/h2-14,18H,15-17H2,1H3,(H,28,33)(H,31,32). The number of benzene rings is 3. The Morgan fingerprint density at radius 3 is 2.29 bits per heavy atom. The van der Waals surface area contributed by atoms with Crippen LogP contribution in [-0.2, 0) is 17.9 Å². The average molecular weight is 488 g/mol. The first-order valence-corrected chi connectivity index (χ1v) is 11.9. The number of anilines is 1. The van der Waals surface area contributed by atoms with Crippen LogP contribution in [0.1, 0.15) is 21.5 Å². The Bertz CT molecular complexity index is 1290. The van der Waals surface area contributed by atoms with E-state index in [1.54, 1.807) is 30.6 Å². The molecule has 3 aromatic carbocycles. The van der Waals surface area contributed by atoms with Gasteiger partial charge in [-0.15, -0.1) is 11.3 Å². The molecule has 0 saturated carbocycles. The predicted octanol–water partition coefficient (Wildman–Crippen LogP) is 4.84. The van der Waals surface area contributed by atoms with Crippen LogP contribution in [-0.4, -0.2) is 35.6 Å². The van der Waals surface area contributed by atoms with Crippen molar-refractivity contribution in [3.05, 3.63) is 101 Å². The average Bonchev–Trinajstić information content (AvgIpc) is 3.38. The first-order valence-electron chi connectivity index (χ1n) is 11.0. The van der Waals surface area contributed by atoms with E-state index >= 15 is 0 Å². The largest absolute Gasteiger partial charge is 0.496 e. The third kappa shape index (κ3) is 6.24. The molecule has 0 aliphatic carbocycles. The summed E-state index contributed by atoms with van der Waals surface area (Å²) in [4.78, 5) is 29.9. The van der Waals surface area contributed by atoms with Crippen LogP contribution >= 0.6 is 11.3 Å². The molecular formula is C27H25N3O4S. The summed E-state index contributed by atoms with van der Waals surface area (Å²) in [5.41, 5.74) is 4.37. The summed E-state index contributed by atoms with van der Waals surface area (Å²) in [6.07, 6.45) is 0. The van der Waals surface area contributed by atoms with Gasteiger partial charge in [-0.25, -0.2) is 4.98 Å². The lowest BCUT2D eigenvalue weighted by molar-refractivity contribution is -0.135. The number of carboxylic acids is 1. The van der Waals surface area contributed by atoms with Gasteiger partial charge in [-0.2, -0.15) is 0 Å². The highest BCUT2D eigenvalue weighted by Crippen LogP contribution is 2.34. The van der Waals surface area contributed by atoms with Gasteiger partial charge in [-0.1, -0.05) is 54.6 Å². The molecule has 0 aliphatic heterocycles. The molecule has 7 nitrogen and oxygen atoms in total. The van der Waals surface area contributed by atoms with Crippen LogP contribution in [0.25, 0.3) is 11.3 Å². The van der Waals surface area contributed by atoms with Crippen molar-refractivity contribution >= 4 is 28.3 Å². The highest BCUT2D eigenvalue weighted by molar-refractivity contribution is 7.14. The second-order valence-electron chi connectivity index (χ2n) is 7.83. The molecule has 1 heterocycles. The topological polar surface area (TPSA) is 91.8 Å². The van der Waals surface area contributed by atoms with Gasteiger partial charge in [-0.3, -0.25) is 9.59 Å². The molecule has 1 aromatic heterocycles. The number of hydrogen-bond acceptors (Lipinski definition) is 6. The zero-order valence-electron chi connectivity index (χ0n) is 19.2. The number of ether oxygens (including phenoxy) is 1. The molecule has 0 aliphatic rings. The number of thiazole rings is 1. The van der Waals surface area contributed by atoms with Gasteiger partial charge in [0.1, 0.15) is 12.3 Å². The number of amides is 1. The maximum Gasteiger partial charge on any atom is 0.322 e. The molecule has 0 unspecified atom stereocenters. The van der Waals surface area contributed by atoms with Gasteiger partial charge < -0.3 is 20.1 Å². The Hall–Kier alpha value is -4.17. The van der Waals surface area contributed by atoms with Gasteiger partial charge in [0, 0.05) is 29.6 Å². The third-order valence-corrected chi connectivity index (χ3v) is 6.25. The van der Waals surface area contributed by atoms with E-state index in [0.717, 1.165) is 33.3 Å². The number of nitrogens with zero attached hydrogens (tertiary/aromatic N) is 2. The molecule has 1 amide bonds. The zero-order chi connectivity index (χ0) is 24.6. The Morgan fingerprint density at radius 2 is 1.60 bits per heavy atom. The summed E-state index contributed by atoms with van der Waals surface area (Å²) in [7, 11) is 1.65. The van der Waals surface area contributed by atoms with Crippen LogP contribution in [0.3, 0.4) is 0 Å². The van der Waals surface area contributed by atoms with Gasteiger partial charge in [0.25, 0.3) is 5.91 Å². The maximum absolute atomic E-state index is 12.1. The normalized spacial score (nSPS) is 10.5. The Kier molecular flexibility index (Phi) is 7.74. The van der Waals surface area contributed by atoms with Crippen LogP contribution in [0, 0.1) is 0 Å². The molecule has 0 bridgehead atoms. The van der Waals surface area contributed by atoms with Gasteiger partial charge in [0.2, 0.25) is 0 Å². The Morgan fingerprint density at radius 1 is 0.943 bits per heavy atom. The molecule has 0 radical (unpaired) electrons. The molecular weight excluding hydrogens is 462 g/mol. The third-order valence-electron chi connectivity index (χ3n) is 5.35. The zero-order valence-corrected chi connectivity index (χ0v) is 20.0. The summed E-state index contributed by atoms with van der Waals surface area (Å²) >= 11 is 1.57. The van der Waals surface area contributed by atoms with Crippen molar-refractivity contribution in [1.82, 2.24) is 10.3 Å². The molecule has 178 valence electrons. The summed E-state index contributed by atoms with van der Waals surface area (Å²) in [6, 6.07) is 25.2. The number of rotatable bonds is 10. The minimum absolute atomic E-state index is 0.413. The number of para-hydroxylation sites is 1. The maximum atomic E-state index is 12.1. The van der Waals surface area contributed by atoms with Crippen molar-refractivity contribution in [3.8, 4) is 17.0 Å². The lowest BCUT2D eigenvalue weighted by Gasteiger charge is -2.22. The molecule has 2 N–H and O–H groups in total. The minimum atomic E-state index is -1.08. The number of carboxylic acid groups (broad SMARTS) is 1. The summed E-state index contributed by atoms with van der Waals surface area (Å²) in [6.45, 7) is 0.843. The van der Waals surface area contributed by atoms with Gasteiger partial charge in [0.15, 0.2) is 5.13 Å². The number of aromatic nitrogens is 1. The number of aliphatic carboxylic acids is 1. The number of hydrogen-bond donors (Lipinski definition) is 2. The van der Waals surface area contributed by atoms with Crippen LogP contribution in [0.2, 0.25) is 0 Å². The first kappa shape index (κ1) is 24.0.